The Morgan fingerprint density at radius 3 is 2.34 bits per heavy atom. The molecule has 0 unspecified atom stereocenters. The van der Waals surface area contributed by atoms with Crippen LogP contribution in [0, 0.1) is 0 Å². The number of nitrogens with one attached hydrogen (secondary N) is 3. The Morgan fingerprint density at radius 1 is 0.960 bits per heavy atom. The van der Waals surface area contributed by atoms with E-state index in [1.807, 2.05) is 30.8 Å². The molecule has 0 aliphatic carbocycles. The number of para-hydroxylation sites is 1. The van der Waals surface area contributed by atoms with Crippen LogP contribution in [0.5, 0.6) is 5.75 Å². The standard InChI is InChI=1S/C40H61N7O3/c1-9-47(10-2)32-16-21-46(22-17-32)27-30-23-31(40(3,4)5)25-33(37(30)50-8)43-39(49)35-24-28-13-11-14-29(36(28)45(35)7)26-41-18-19-42-38(48)34-15-12-20-44(34)6/h11,13-14,23-25,32,34,41H,9-10,12,15-22,26-27H2,1-8H3,(H,42,48)(H,43,49)/t34-/m0/s1. The fourth-order valence-electron chi connectivity index (χ4n) is 7.90. The molecule has 2 amide bonds. The molecule has 3 aromatic rings. The lowest BCUT2D eigenvalue weighted by Gasteiger charge is -2.38. The maximum atomic E-state index is 14.0. The van der Waals surface area contributed by atoms with Crippen molar-refractivity contribution in [3.05, 3.63) is 58.8 Å². The van der Waals surface area contributed by atoms with Crippen molar-refractivity contribution in [1.82, 2.24) is 29.9 Å². The molecule has 0 bridgehead atoms. The fourth-order valence-corrected chi connectivity index (χ4v) is 7.90. The molecule has 10 heteroatoms. The third-order valence-corrected chi connectivity index (χ3v) is 10.9. The number of methoxy groups -OCH3 is 1. The van der Waals surface area contributed by atoms with Gasteiger partial charge in [0, 0.05) is 50.2 Å². The number of benzene rings is 2. The van der Waals surface area contributed by atoms with Gasteiger partial charge < -0.3 is 30.2 Å². The number of aryl methyl sites for hydroxylation is 1. The summed E-state index contributed by atoms with van der Waals surface area (Å²) in [5.74, 6) is 0.671. The van der Waals surface area contributed by atoms with E-state index in [1.165, 1.54) is 18.4 Å². The number of likely N-dealkylation sites (tertiary alicyclic amines) is 2. The van der Waals surface area contributed by atoms with Crippen molar-refractivity contribution in [3.8, 4) is 5.75 Å². The summed E-state index contributed by atoms with van der Waals surface area (Å²) in [6, 6.07) is 13.1. The minimum Gasteiger partial charge on any atom is -0.494 e. The van der Waals surface area contributed by atoms with Crippen LogP contribution >= 0.6 is 0 Å². The van der Waals surface area contributed by atoms with Gasteiger partial charge in [-0.15, -0.1) is 0 Å². The number of likely N-dealkylation sites (N-methyl/N-ethyl adjacent to an activating group) is 1. The van der Waals surface area contributed by atoms with E-state index in [9.17, 15) is 9.59 Å². The molecule has 3 N–H and O–H groups in total. The first kappa shape index (κ1) is 37.8. The summed E-state index contributed by atoms with van der Waals surface area (Å²) in [6.07, 6.45) is 4.33. The summed E-state index contributed by atoms with van der Waals surface area (Å²) in [6.45, 7) is 19.1. The third kappa shape index (κ3) is 8.70. The quantitative estimate of drug-likeness (QED) is 0.197. The van der Waals surface area contributed by atoms with Crippen molar-refractivity contribution >= 4 is 28.4 Å². The lowest BCUT2D eigenvalue weighted by atomic mass is 9.85. The predicted molar refractivity (Wildman–Crippen MR) is 204 cm³/mol. The molecule has 2 saturated heterocycles. The molecular formula is C40H61N7O3. The normalized spacial score (nSPS) is 17.9. The molecule has 2 aliphatic rings. The molecule has 2 aliphatic heterocycles. The number of carbonyl (C=O) groups is 2. The van der Waals surface area contributed by atoms with E-state index in [1.54, 1.807) is 7.11 Å². The first-order chi connectivity index (χ1) is 23.9. The maximum absolute atomic E-state index is 14.0. The summed E-state index contributed by atoms with van der Waals surface area (Å²) in [7, 11) is 5.67. The van der Waals surface area contributed by atoms with Crippen LogP contribution in [-0.2, 0) is 30.3 Å². The van der Waals surface area contributed by atoms with Gasteiger partial charge in [0.15, 0.2) is 0 Å². The van der Waals surface area contributed by atoms with E-state index < -0.39 is 0 Å². The van der Waals surface area contributed by atoms with Gasteiger partial charge in [0.1, 0.15) is 11.4 Å². The number of carbonyl (C=O) groups excluding carboxylic acids is 2. The van der Waals surface area contributed by atoms with Crippen LogP contribution in [0.3, 0.4) is 0 Å². The smallest absolute Gasteiger partial charge is 0.272 e. The summed E-state index contributed by atoms with van der Waals surface area (Å²) < 4.78 is 8.03. The van der Waals surface area contributed by atoms with Crippen molar-refractivity contribution in [2.75, 3.05) is 65.3 Å². The zero-order chi connectivity index (χ0) is 36.0. The Morgan fingerprint density at radius 2 is 1.70 bits per heavy atom. The van der Waals surface area contributed by atoms with Crippen LogP contribution in [0.4, 0.5) is 5.69 Å². The van der Waals surface area contributed by atoms with Gasteiger partial charge in [-0.1, -0.05) is 58.9 Å². The van der Waals surface area contributed by atoms with Crippen LogP contribution < -0.4 is 20.7 Å². The lowest BCUT2D eigenvalue weighted by molar-refractivity contribution is -0.125. The van der Waals surface area contributed by atoms with Crippen LogP contribution in [-0.4, -0.2) is 103 Å². The Bertz CT molecular complexity index is 1620. The summed E-state index contributed by atoms with van der Waals surface area (Å²) in [4.78, 5) is 33.8. The van der Waals surface area contributed by atoms with Gasteiger partial charge in [-0.3, -0.25) is 19.4 Å². The number of aromatic nitrogens is 1. The zero-order valence-electron chi connectivity index (χ0n) is 31.8. The lowest BCUT2D eigenvalue weighted by Crippen LogP contribution is -2.44. The van der Waals surface area contributed by atoms with E-state index in [0.29, 0.717) is 37.1 Å². The van der Waals surface area contributed by atoms with E-state index in [-0.39, 0.29) is 23.3 Å². The third-order valence-electron chi connectivity index (χ3n) is 10.9. The Labute approximate surface area is 299 Å². The fraction of sp³-hybridized carbons (Fsp3) is 0.600. The molecule has 274 valence electrons. The Hall–Kier alpha value is -3.44. The van der Waals surface area contributed by atoms with Crippen molar-refractivity contribution in [3.63, 3.8) is 0 Å². The van der Waals surface area contributed by atoms with Gasteiger partial charge in [-0.05, 0) is 94.1 Å². The SMILES string of the molecule is CCN(CC)C1CCN(Cc2cc(C(C)(C)C)cc(NC(=O)c3cc4cccc(CNCCNC(=O)[C@@H]5CCCN5C)c4n3C)c2OC)CC1. The highest BCUT2D eigenvalue weighted by Crippen LogP contribution is 2.37. The predicted octanol–water partition coefficient (Wildman–Crippen LogP) is 5.34. The number of piperidine rings is 1. The molecule has 0 radical (unpaired) electrons. The Kier molecular flexibility index (Phi) is 12.6. The topological polar surface area (TPSA) is 94.1 Å². The highest BCUT2D eigenvalue weighted by molar-refractivity contribution is 6.07. The maximum Gasteiger partial charge on any atom is 0.272 e. The van der Waals surface area contributed by atoms with Crippen LogP contribution in [0.1, 0.15) is 87.5 Å². The van der Waals surface area contributed by atoms with Crippen LogP contribution in [0.2, 0.25) is 0 Å². The molecule has 0 saturated carbocycles. The molecule has 10 nitrogen and oxygen atoms in total. The molecule has 5 rings (SSSR count). The number of hydrogen-bond acceptors (Lipinski definition) is 7. The Balaban J connectivity index is 1.29. The van der Waals surface area contributed by atoms with E-state index in [2.05, 4.69) is 89.5 Å². The first-order valence-corrected chi connectivity index (χ1v) is 18.7. The minimum absolute atomic E-state index is 0.0143. The van der Waals surface area contributed by atoms with Gasteiger partial charge in [0.05, 0.1) is 24.4 Å². The second-order valence-electron chi connectivity index (χ2n) is 15.2. The van der Waals surface area contributed by atoms with Gasteiger partial charge in [0.2, 0.25) is 5.91 Å². The number of ether oxygens (including phenoxy) is 1. The molecule has 0 spiro atoms. The summed E-state index contributed by atoms with van der Waals surface area (Å²) in [5.41, 5.74) is 5.58. The molecule has 50 heavy (non-hydrogen) atoms. The monoisotopic (exact) mass is 687 g/mol. The second kappa shape index (κ2) is 16.7. The molecular weight excluding hydrogens is 626 g/mol. The summed E-state index contributed by atoms with van der Waals surface area (Å²) >= 11 is 0. The number of rotatable bonds is 14. The van der Waals surface area contributed by atoms with E-state index in [4.69, 9.17) is 4.74 Å². The molecule has 2 fully saturated rings. The van der Waals surface area contributed by atoms with Crippen LogP contribution in [0.25, 0.3) is 10.9 Å². The molecule has 3 heterocycles. The largest absolute Gasteiger partial charge is 0.494 e. The summed E-state index contributed by atoms with van der Waals surface area (Å²) in [5, 5.41) is 10.8. The highest BCUT2D eigenvalue weighted by Gasteiger charge is 2.28. The highest BCUT2D eigenvalue weighted by atomic mass is 16.5. The number of hydrogen-bond donors (Lipinski definition) is 3. The van der Waals surface area contributed by atoms with Crippen molar-refractivity contribution in [2.45, 2.75) is 90.9 Å². The van der Waals surface area contributed by atoms with Gasteiger partial charge >= 0.3 is 0 Å². The number of anilines is 1. The van der Waals surface area contributed by atoms with Gasteiger partial charge in [-0.25, -0.2) is 0 Å². The average Bonchev–Trinajstić information content (AvgIpc) is 3.68. The number of fused-ring (bicyclic) bond motifs is 1. The van der Waals surface area contributed by atoms with Crippen molar-refractivity contribution < 1.29 is 14.3 Å². The second-order valence-corrected chi connectivity index (χ2v) is 15.2. The van der Waals surface area contributed by atoms with Crippen molar-refractivity contribution in [2.24, 2.45) is 7.05 Å². The van der Waals surface area contributed by atoms with Gasteiger partial charge in [-0.2, -0.15) is 0 Å². The van der Waals surface area contributed by atoms with E-state index in [0.717, 1.165) is 79.9 Å². The van der Waals surface area contributed by atoms with E-state index >= 15 is 0 Å². The van der Waals surface area contributed by atoms with Gasteiger partial charge in [0.25, 0.3) is 5.91 Å². The number of amides is 2. The zero-order valence-corrected chi connectivity index (χ0v) is 31.8. The van der Waals surface area contributed by atoms with Crippen molar-refractivity contribution in [1.29, 1.82) is 0 Å². The molecule has 2 aromatic carbocycles. The first-order valence-electron chi connectivity index (χ1n) is 18.7. The molecule has 1 aromatic heterocycles. The van der Waals surface area contributed by atoms with Crippen LogP contribution in [0.15, 0.2) is 36.4 Å². The number of nitrogens with zero attached hydrogens (tertiary/aromatic N) is 4. The average molecular weight is 688 g/mol. The molecule has 1 atom stereocenters. The minimum atomic E-state index is -0.169.